The van der Waals surface area contributed by atoms with E-state index in [9.17, 15) is 0 Å². The summed E-state index contributed by atoms with van der Waals surface area (Å²) < 4.78 is 0. The molecule has 0 saturated carbocycles. The van der Waals surface area contributed by atoms with E-state index in [2.05, 4.69) is 0 Å². The minimum Gasteiger partial charge on any atom is -0.0776 e. The van der Waals surface area contributed by atoms with Gasteiger partial charge in [0.1, 0.15) is 0 Å². The molecule has 0 aliphatic heterocycles. The molecule has 28 valence electrons. The molecule has 0 unspecified atom stereocenters. The maximum absolute atomic E-state index is 0. The largest absolute Gasteiger partial charge is 0.0776 e. The Morgan fingerprint density at radius 2 is 1.00 bits per heavy atom. The molecule has 0 heterocycles. The summed E-state index contributed by atoms with van der Waals surface area (Å²) in [4.78, 5) is 0. The molecule has 0 aliphatic carbocycles. The molecule has 0 spiro atoms. The Hall–Kier alpha value is 1.74. The van der Waals surface area contributed by atoms with E-state index in [1.54, 1.807) is 0 Å². The zero-order chi connectivity index (χ0) is 0. The average Bonchev–Trinajstić information content (AvgIpc) is 0. The minimum absolute atomic E-state index is 0. The molecule has 0 aromatic carbocycles. The molecule has 0 rings (SSSR count). The molecule has 0 aromatic rings. The van der Waals surface area contributed by atoms with E-state index in [0.29, 0.717) is 0 Å². The summed E-state index contributed by atoms with van der Waals surface area (Å²) in [5, 5.41) is 0. The van der Waals surface area contributed by atoms with E-state index in [-0.39, 0.29) is 63.0 Å². The Morgan fingerprint density at radius 1 is 1.00 bits per heavy atom. The van der Waals surface area contributed by atoms with Gasteiger partial charge in [-0.25, -0.2) is 0 Å². The third kappa shape index (κ3) is 9.27. The molecular formula is CH4CrNiTi. The molecule has 4 heavy (non-hydrogen) atoms. The van der Waals surface area contributed by atoms with E-state index >= 15 is 0 Å². The van der Waals surface area contributed by atoms with Crippen LogP contribution in [0.4, 0.5) is 0 Å². The Labute approximate surface area is 62.7 Å². The second kappa shape index (κ2) is 21.9. The summed E-state index contributed by atoms with van der Waals surface area (Å²) in [7, 11) is 0. The second-order valence-electron chi connectivity index (χ2n) is 0. The van der Waals surface area contributed by atoms with Gasteiger partial charge in [-0.05, 0) is 0 Å². The topological polar surface area (TPSA) is 0 Å². The van der Waals surface area contributed by atoms with Crippen LogP contribution in [0, 0.1) is 0 Å². The van der Waals surface area contributed by atoms with Gasteiger partial charge in [0.25, 0.3) is 0 Å². The molecule has 0 atom stereocenters. The van der Waals surface area contributed by atoms with Gasteiger partial charge in [0.05, 0.1) is 0 Å². The van der Waals surface area contributed by atoms with Crippen LogP contribution in [0.25, 0.3) is 0 Å². The van der Waals surface area contributed by atoms with Crippen LogP contribution in [-0.4, -0.2) is 0 Å². The Bertz CT molecular complexity index is 8.00. The van der Waals surface area contributed by atoms with Crippen molar-refractivity contribution in [2.45, 2.75) is 7.43 Å². The molecule has 0 nitrogen and oxygen atoms in total. The van der Waals surface area contributed by atoms with E-state index in [1.165, 1.54) is 0 Å². The summed E-state index contributed by atoms with van der Waals surface area (Å²) in [6.07, 6.45) is 0. The van der Waals surface area contributed by atoms with Crippen molar-refractivity contribution in [1.82, 2.24) is 0 Å². The van der Waals surface area contributed by atoms with Crippen molar-refractivity contribution in [3.8, 4) is 0 Å². The van der Waals surface area contributed by atoms with Gasteiger partial charge >= 0.3 is 0 Å². The number of rotatable bonds is 0. The Balaban J connectivity index is 0. The first-order valence-corrected chi connectivity index (χ1v) is 0. The SMILES string of the molecule is C.[Cr].[Ni].[Ti]. The fourth-order valence-corrected chi connectivity index (χ4v) is 0. The smallest absolute Gasteiger partial charge is 0 e. The molecule has 3 heteroatoms. The predicted octanol–water partition coefficient (Wildman–Crippen LogP) is 0.629. The van der Waals surface area contributed by atoms with Crippen LogP contribution in [0.15, 0.2) is 0 Å². The zero-order valence-corrected chi connectivity index (χ0v) is 5.05. The van der Waals surface area contributed by atoms with E-state index in [1.807, 2.05) is 0 Å². The average molecular weight is 175 g/mol. The first kappa shape index (κ1) is 42.6. The number of hydrogen-bond acceptors (Lipinski definition) is 0. The molecular weight excluding hydrogens is 171 g/mol. The summed E-state index contributed by atoms with van der Waals surface area (Å²) in [6, 6.07) is 0. The fourth-order valence-electron chi connectivity index (χ4n) is 0. The van der Waals surface area contributed by atoms with Crippen LogP contribution in [0.5, 0.6) is 0 Å². The van der Waals surface area contributed by atoms with Gasteiger partial charge in [-0.15, -0.1) is 0 Å². The quantitative estimate of drug-likeness (QED) is 0.473. The fraction of sp³-hybridized carbons (Fsp3) is 1.00. The van der Waals surface area contributed by atoms with Crippen molar-refractivity contribution in [1.29, 1.82) is 0 Å². The molecule has 0 radical (unpaired) electrons. The van der Waals surface area contributed by atoms with Gasteiger partial charge in [0.15, 0.2) is 0 Å². The molecule has 0 amide bonds. The van der Waals surface area contributed by atoms with Crippen LogP contribution in [0.3, 0.4) is 0 Å². The monoisotopic (exact) mass is 174 g/mol. The number of hydrogen-bond donors (Lipinski definition) is 0. The maximum Gasteiger partial charge on any atom is 0 e. The summed E-state index contributed by atoms with van der Waals surface area (Å²) in [5.74, 6) is 0. The summed E-state index contributed by atoms with van der Waals surface area (Å²) in [6.45, 7) is 0. The van der Waals surface area contributed by atoms with Gasteiger partial charge in [-0.1, -0.05) is 7.43 Å². The third-order valence-electron chi connectivity index (χ3n) is 0. The summed E-state index contributed by atoms with van der Waals surface area (Å²) in [5.41, 5.74) is 0. The Kier molecular flexibility index (Phi) is 233. The molecule has 0 N–H and O–H groups in total. The van der Waals surface area contributed by atoms with Crippen molar-refractivity contribution in [3.63, 3.8) is 0 Å². The van der Waals surface area contributed by atoms with E-state index < -0.39 is 0 Å². The standard InChI is InChI=1S/CH4.Cr.Ni.Ti/h1H4;;;. The molecule has 0 aromatic heterocycles. The summed E-state index contributed by atoms with van der Waals surface area (Å²) >= 11 is 0. The van der Waals surface area contributed by atoms with E-state index in [4.69, 9.17) is 0 Å². The van der Waals surface area contributed by atoms with Crippen LogP contribution < -0.4 is 0 Å². The van der Waals surface area contributed by atoms with Crippen LogP contribution in [0.1, 0.15) is 7.43 Å². The Morgan fingerprint density at radius 3 is 1.00 bits per heavy atom. The molecule has 0 saturated heterocycles. The van der Waals surface area contributed by atoms with Gasteiger partial charge in [0, 0.05) is 55.6 Å². The molecule has 0 bridgehead atoms. The first-order chi connectivity index (χ1) is 0. The van der Waals surface area contributed by atoms with Crippen molar-refractivity contribution >= 4 is 0 Å². The van der Waals surface area contributed by atoms with Crippen LogP contribution in [0.2, 0.25) is 0 Å². The third-order valence-corrected chi connectivity index (χ3v) is 0. The minimum atomic E-state index is 0. The van der Waals surface area contributed by atoms with Crippen molar-refractivity contribution < 1.29 is 55.6 Å². The van der Waals surface area contributed by atoms with Gasteiger partial charge in [-0.2, -0.15) is 0 Å². The van der Waals surface area contributed by atoms with Gasteiger partial charge in [0.2, 0.25) is 0 Å². The molecule has 0 aliphatic rings. The van der Waals surface area contributed by atoms with Crippen LogP contribution in [-0.2, 0) is 55.6 Å². The second-order valence-corrected chi connectivity index (χ2v) is 0. The van der Waals surface area contributed by atoms with E-state index in [0.717, 1.165) is 0 Å². The first-order valence-electron chi connectivity index (χ1n) is 0. The zero-order valence-electron chi connectivity index (χ0n) is 1.22. The van der Waals surface area contributed by atoms with Crippen molar-refractivity contribution in [3.05, 3.63) is 0 Å². The maximum atomic E-state index is 0. The predicted molar refractivity (Wildman–Crippen MR) is 6.73 cm³/mol. The van der Waals surface area contributed by atoms with Crippen LogP contribution >= 0.6 is 0 Å². The molecule has 0 fully saturated rings. The van der Waals surface area contributed by atoms with Crippen molar-refractivity contribution in [2.24, 2.45) is 0 Å². The van der Waals surface area contributed by atoms with Gasteiger partial charge in [-0.3, -0.25) is 0 Å². The normalized spacial score (nSPS) is 0. The van der Waals surface area contributed by atoms with Gasteiger partial charge < -0.3 is 0 Å². The van der Waals surface area contributed by atoms with Crippen molar-refractivity contribution in [2.75, 3.05) is 0 Å².